The summed E-state index contributed by atoms with van der Waals surface area (Å²) in [5, 5.41) is 9.89. The van der Waals surface area contributed by atoms with E-state index >= 15 is 0 Å². The number of rotatable bonds is 3. The van der Waals surface area contributed by atoms with Crippen molar-refractivity contribution < 1.29 is 5.11 Å². The van der Waals surface area contributed by atoms with E-state index in [2.05, 4.69) is 18.7 Å². The SMILES string of the molecule is CCC(O)C(C)N1CCC2(CCCC2)CC1. The van der Waals surface area contributed by atoms with Crippen molar-refractivity contribution in [3.63, 3.8) is 0 Å². The summed E-state index contributed by atoms with van der Waals surface area (Å²) >= 11 is 0. The molecule has 2 nitrogen and oxygen atoms in total. The molecule has 2 fully saturated rings. The van der Waals surface area contributed by atoms with Crippen LogP contribution in [0, 0.1) is 5.41 Å². The van der Waals surface area contributed by atoms with Gasteiger partial charge in [-0.25, -0.2) is 0 Å². The first-order valence-corrected chi connectivity index (χ1v) is 7.09. The van der Waals surface area contributed by atoms with E-state index in [9.17, 15) is 5.11 Å². The Bertz CT molecular complexity index is 213. The Morgan fingerprint density at radius 3 is 2.19 bits per heavy atom. The van der Waals surface area contributed by atoms with Gasteiger partial charge in [0.1, 0.15) is 0 Å². The summed E-state index contributed by atoms with van der Waals surface area (Å²) in [6, 6.07) is 0.351. The van der Waals surface area contributed by atoms with Crippen LogP contribution in [0.3, 0.4) is 0 Å². The molecule has 1 N–H and O–H groups in total. The minimum Gasteiger partial charge on any atom is -0.392 e. The van der Waals surface area contributed by atoms with Crippen LogP contribution in [0.25, 0.3) is 0 Å². The number of hydrogen-bond acceptors (Lipinski definition) is 2. The number of nitrogens with zero attached hydrogens (tertiary/aromatic N) is 1. The Hall–Kier alpha value is -0.0800. The van der Waals surface area contributed by atoms with E-state index in [-0.39, 0.29) is 6.10 Å². The Morgan fingerprint density at radius 2 is 1.69 bits per heavy atom. The van der Waals surface area contributed by atoms with E-state index in [0.29, 0.717) is 11.5 Å². The molecule has 0 bridgehead atoms. The molecule has 0 radical (unpaired) electrons. The van der Waals surface area contributed by atoms with E-state index in [1.54, 1.807) is 0 Å². The first kappa shape index (κ1) is 12.4. The third-order valence-corrected chi connectivity index (χ3v) is 5.07. The fourth-order valence-electron chi connectivity index (χ4n) is 3.62. The van der Waals surface area contributed by atoms with Crippen molar-refractivity contribution in [1.82, 2.24) is 4.90 Å². The minimum absolute atomic E-state index is 0.141. The van der Waals surface area contributed by atoms with Crippen molar-refractivity contribution in [3.8, 4) is 0 Å². The van der Waals surface area contributed by atoms with Gasteiger partial charge in [-0.15, -0.1) is 0 Å². The van der Waals surface area contributed by atoms with Crippen LogP contribution in [-0.4, -0.2) is 35.2 Å². The summed E-state index contributed by atoms with van der Waals surface area (Å²) in [4.78, 5) is 2.50. The lowest BCUT2D eigenvalue weighted by Gasteiger charge is -2.43. The standard InChI is InChI=1S/C14H27NO/c1-3-13(16)12(2)15-10-8-14(9-11-15)6-4-5-7-14/h12-13,16H,3-11H2,1-2H3. The third kappa shape index (κ3) is 2.43. The highest BCUT2D eigenvalue weighted by Crippen LogP contribution is 2.46. The molecule has 1 saturated carbocycles. The molecule has 0 aromatic heterocycles. The van der Waals surface area contributed by atoms with Crippen molar-refractivity contribution in [3.05, 3.63) is 0 Å². The molecule has 2 aliphatic rings. The van der Waals surface area contributed by atoms with Gasteiger partial charge in [-0.05, 0) is 57.5 Å². The zero-order valence-electron chi connectivity index (χ0n) is 10.9. The maximum atomic E-state index is 9.89. The largest absolute Gasteiger partial charge is 0.392 e. The van der Waals surface area contributed by atoms with Crippen molar-refractivity contribution in [2.45, 2.75) is 70.9 Å². The number of hydrogen-bond donors (Lipinski definition) is 1. The average molecular weight is 225 g/mol. The van der Waals surface area contributed by atoms with Crippen LogP contribution in [0.1, 0.15) is 58.8 Å². The monoisotopic (exact) mass is 225 g/mol. The van der Waals surface area contributed by atoms with Gasteiger partial charge in [0, 0.05) is 6.04 Å². The normalized spacial score (nSPS) is 29.4. The lowest BCUT2D eigenvalue weighted by atomic mass is 9.76. The molecule has 2 atom stereocenters. The highest BCUT2D eigenvalue weighted by atomic mass is 16.3. The highest BCUT2D eigenvalue weighted by Gasteiger charge is 2.38. The van der Waals surface area contributed by atoms with Gasteiger partial charge in [-0.2, -0.15) is 0 Å². The topological polar surface area (TPSA) is 23.5 Å². The summed E-state index contributed by atoms with van der Waals surface area (Å²) in [5.74, 6) is 0. The third-order valence-electron chi connectivity index (χ3n) is 5.07. The second-order valence-corrected chi connectivity index (χ2v) is 5.96. The van der Waals surface area contributed by atoms with Crippen molar-refractivity contribution in [2.24, 2.45) is 5.41 Å². The predicted octanol–water partition coefficient (Wildman–Crippen LogP) is 2.80. The van der Waals surface area contributed by atoms with Gasteiger partial charge in [0.15, 0.2) is 0 Å². The van der Waals surface area contributed by atoms with Gasteiger partial charge in [0.2, 0.25) is 0 Å². The summed E-state index contributed by atoms with van der Waals surface area (Å²) < 4.78 is 0. The van der Waals surface area contributed by atoms with Crippen molar-refractivity contribution >= 4 is 0 Å². The maximum Gasteiger partial charge on any atom is 0.0690 e. The zero-order chi connectivity index (χ0) is 11.6. The second kappa shape index (κ2) is 5.05. The lowest BCUT2D eigenvalue weighted by molar-refractivity contribution is 0.0158. The summed E-state index contributed by atoms with van der Waals surface area (Å²) in [5.41, 5.74) is 0.702. The molecule has 94 valence electrons. The van der Waals surface area contributed by atoms with Crippen molar-refractivity contribution in [2.75, 3.05) is 13.1 Å². The first-order valence-electron chi connectivity index (χ1n) is 7.09. The van der Waals surface area contributed by atoms with Gasteiger partial charge < -0.3 is 5.11 Å². The number of aliphatic hydroxyl groups excluding tert-OH is 1. The molecule has 0 aromatic rings. The quantitative estimate of drug-likeness (QED) is 0.798. The molecular weight excluding hydrogens is 198 g/mol. The number of likely N-dealkylation sites (tertiary alicyclic amines) is 1. The maximum absolute atomic E-state index is 9.89. The van der Waals surface area contributed by atoms with Gasteiger partial charge in [0.05, 0.1) is 6.10 Å². The van der Waals surface area contributed by atoms with Crippen molar-refractivity contribution in [1.29, 1.82) is 0 Å². The van der Waals surface area contributed by atoms with Crippen LogP contribution in [0.15, 0.2) is 0 Å². The summed E-state index contributed by atoms with van der Waals surface area (Å²) in [7, 11) is 0. The van der Waals surface area contributed by atoms with Gasteiger partial charge in [0.25, 0.3) is 0 Å². The molecule has 0 amide bonds. The molecule has 2 rings (SSSR count). The number of aliphatic hydroxyl groups is 1. The zero-order valence-corrected chi connectivity index (χ0v) is 10.9. The first-order chi connectivity index (χ1) is 7.67. The van der Waals surface area contributed by atoms with E-state index in [4.69, 9.17) is 0 Å². The Balaban J connectivity index is 1.84. The Kier molecular flexibility index (Phi) is 3.91. The van der Waals surface area contributed by atoms with E-state index in [0.717, 1.165) is 6.42 Å². The summed E-state index contributed by atoms with van der Waals surface area (Å²) in [6.07, 6.45) is 9.31. The molecule has 1 aliphatic heterocycles. The molecule has 1 saturated heterocycles. The minimum atomic E-state index is -0.141. The fraction of sp³-hybridized carbons (Fsp3) is 1.00. The van der Waals surface area contributed by atoms with Crippen LogP contribution in [0.2, 0.25) is 0 Å². The van der Waals surface area contributed by atoms with E-state index in [1.807, 2.05) is 0 Å². The molecule has 2 unspecified atom stereocenters. The highest BCUT2D eigenvalue weighted by molar-refractivity contribution is 4.91. The van der Waals surface area contributed by atoms with Crippen LogP contribution in [0.4, 0.5) is 0 Å². The van der Waals surface area contributed by atoms with Crippen LogP contribution in [0.5, 0.6) is 0 Å². The fourth-order valence-corrected chi connectivity index (χ4v) is 3.62. The molecule has 1 heterocycles. The smallest absolute Gasteiger partial charge is 0.0690 e. The number of piperidine rings is 1. The molecule has 1 spiro atoms. The predicted molar refractivity (Wildman–Crippen MR) is 67.5 cm³/mol. The van der Waals surface area contributed by atoms with Crippen LogP contribution < -0.4 is 0 Å². The molecule has 1 aliphatic carbocycles. The summed E-state index contributed by atoms with van der Waals surface area (Å²) in [6.45, 7) is 6.67. The van der Waals surface area contributed by atoms with Crippen LogP contribution in [-0.2, 0) is 0 Å². The van der Waals surface area contributed by atoms with E-state index < -0.39 is 0 Å². The molecule has 2 heteroatoms. The molecule has 0 aromatic carbocycles. The Labute approximate surface area is 100 Å². The average Bonchev–Trinajstić information content (AvgIpc) is 2.77. The van der Waals surface area contributed by atoms with Gasteiger partial charge in [-0.1, -0.05) is 19.8 Å². The molecule has 16 heavy (non-hydrogen) atoms. The van der Waals surface area contributed by atoms with Gasteiger partial charge in [-0.3, -0.25) is 4.90 Å². The lowest BCUT2D eigenvalue weighted by Crippen LogP contribution is -2.47. The van der Waals surface area contributed by atoms with E-state index in [1.165, 1.54) is 51.6 Å². The molecular formula is C14H27NO. The Morgan fingerprint density at radius 1 is 1.12 bits per heavy atom. The van der Waals surface area contributed by atoms with Crippen LogP contribution >= 0.6 is 0 Å². The second-order valence-electron chi connectivity index (χ2n) is 5.96. The van der Waals surface area contributed by atoms with Gasteiger partial charge >= 0.3 is 0 Å².